The first-order chi connectivity index (χ1) is 9.02. The summed E-state index contributed by atoms with van der Waals surface area (Å²) in [5.74, 6) is -0.0364. The molecular weight excluding hydrogens is 265 g/mol. The van der Waals surface area contributed by atoms with Crippen LogP contribution >= 0.6 is 11.6 Å². The lowest BCUT2D eigenvalue weighted by atomic mass is 9.87. The highest BCUT2D eigenvalue weighted by Gasteiger charge is 2.44. The van der Waals surface area contributed by atoms with Crippen LogP contribution in [-0.2, 0) is 5.60 Å². The molecule has 0 spiro atoms. The van der Waals surface area contributed by atoms with Crippen molar-refractivity contribution < 1.29 is 9.13 Å². The van der Waals surface area contributed by atoms with Crippen LogP contribution in [-0.4, -0.2) is 0 Å². The minimum absolute atomic E-state index is 0.0649. The Kier molecular flexibility index (Phi) is 2.77. The Hall–Kier alpha value is -1.58. The van der Waals surface area contributed by atoms with Crippen LogP contribution in [0.1, 0.15) is 24.1 Å². The van der Waals surface area contributed by atoms with E-state index in [-0.39, 0.29) is 11.1 Å². The average molecular weight is 278 g/mol. The number of halogens is 2. The first-order valence-corrected chi connectivity index (χ1v) is 6.39. The van der Waals surface area contributed by atoms with E-state index < -0.39 is 11.4 Å². The number of rotatable bonds is 1. The second-order valence-electron chi connectivity index (χ2n) is 4.86. The summed E-state index contributed by atoms with van der Waals surface area (Å²) >= 11 is 5.81. The summed E-state index contributed by atoms with van der Waals surface area (Å²) in [5.41, 5.74) is 7.25. The fourth-order valence-corrected chi connectivity index (χ4v) is 2.64. The Morgan fingerprint density at radius 1 is 1.26 bits per heavy atom. The van der Waals surface area contributed by atoms with E-state index in [4.69, 9.17) is 22.1 Å². The SMILES string of the molecule is C[C@]1(c2ccccc2)Oc2cc(F)c(Cl)cc2[C@@H]1N. The van der Waals surface area contributed by atoms with Crippen molar-refractivity contribution in [2.24, 2.45) is 5.73 Å². The van der Waals surface area contributed by atoms with Crippen LogP contribution in [0.25, 0.3) is 0 Å². The lowest BCUT2D eigenvalue weighted by molar-refractivity contribution is 0.0882. The zero-order chi connectivity index (χ0) is 13.6. The highest BCUT2D eigenvalue weighted by atomic mass is 35.5. The molecule has 98 valence electrons. The number of hydrogen-bond donors (Lipinski definition) is 1. The van der Waals surface area contributed by atoms with Gasteiger partial charge in [0.1, 0.15) is 11.6 Å². The molecular formula is C15H13ClFNO. The Balaban J connectivity index is 2.10. The molecule has 2 aromatic carbocycles. The zero-order valence-corrected chi connectivity index (χ0v) is 11.1. The van der Waals surface area contributed by atoms with Crippen molar-refractivity contribution in [1.29, 1.82) is 0 Å². The van der Waals surface area contributed by atoms with Crippen molar-refractivity contribution in [1.82, 2.24) is 0 Å². The summed E-state index contributed by atoms with van der Waals surface area (Å²) in [4.78, 5) is 0. The Labute approximate surface area is 115 Å². The Morgan fingerprint density at radius 3 is 2.63 bits per heavy atom. The molecule has 19 heavy (non-hydrogen) atoms. The lowest BCUT2D eigenvalue weighted by Crippen LogP contribution is -2.36. The molecule has 2 N–H and O–H groups in total. The first-order valence-electron chi connectivity index (χ1n) is 6.01. The maximum absolute atomic E-state index is 13.5. The van der Waals surface area contributed by atoms with Gasteiger partial charge in [0.15, 0.2) is 5.60 Å². The molecule has 0 unspecified atom stereocenters. The molecule has 0 saturated heterocycles. The Bertz CT molecular complexity index is 632. The summed E-state index contributed by atoms with van der Waals surface area (Å²) in [6.07, 6.45) is 0. The minimum atomic E-state index is -0.708. The highest BCUT2D eigenvalue weighted by molar-refractivity contribution is 6.30. The monoisotopic (exact) mass is 277 g/mol. The molecule has 0 bridgehead atoms. The van der Waals surface area contributed by atoms with E-state index in [1.165, 1.54) is 6.07 Å². The van der Waals surface area contributed by atoms with Gasteiger partial charge in [0.25, 0.3) is 0 Å². The third kappa shape index (κ3) is 1.81. The standard InChI is InChI=1S/C15H13ClFNO/c1-15(9-5-3-2-4-6-9)14(18)10-7-11(16)12(17)8-13(10)19-15/h2-8,14H,18H2,1H3/t14-,15+/m0/s1. The molecule has 2 nitrogen and oxygen atoms in total. The van der Waals surface area contributed by atoms with E-state index in [0.717, 1.165) is 11.1 Å². The quantitative estimate of drug-likeness (QED) is 0.861. The molecule has 0 amide bonds. The minimum Gasteiger partial charge on any atom is -0.480 e. The normalized spacial score (nSPS) is 24.9. The van der Waals surface area contributed by atoms with Gasteiger partial charge in [-0.2, -0.15) is 0 Å². The van der Waals surface area contributed by atoms with E-state index in [0.29, 0.717) is 5.75 Å². The lowest BCUT2D eigenvalue weighted by Gasteiger charge is -2.29. The summed E-state index contributed by atoms with van der Waals surface area (Å²) in [5, 5.41) is 0.0649. The van der Waals surface area contributed by atoms with Crippen LogP contribution in [0, 0.1) is 5.82 Å². The van der Waals surface area contributed by atoms with Crippen LogP contribution in [0.5, 0.6) is 5.75 Å². The van der Waals surface area contributed by atoms with Gasteiger partial charge in [0.2, 0.25) is 0 Å². The van der Waals surface area contributed by atoms with Gasteiger partial charge in [-0.15, -0.1) is 0 Å². The van der Waals surface area contributed by atoms with Crippen LogP contribution < -0.4 is 10.5 Å². The van der Waals surface area contributed by atoms with Crippen LogP contribution in [0.15, 0.2) is 42.5 Å². The Morgan fingerprint density at radius 2 is 1.95 bits per heavy atom. The number of fused-ring (bicyclic) bond motifs is 1. The molecule has 0 aliphatic carbocycles. The van der Waals surface area contributed by atoms with Gasteiger partial charge in [-0.05, 0) is 18.6 Å². The fraction of sp³-hybridized carbons (Fsp3) is 0.200. The second-order valence-corrected chi connectivity index (χ2v) is 5.26. The average Bonchev–Trinajstić information content (AvgIpc) is 2.65. The van der Waals surface area contributed by atoms with Crippen molar-refractivity contribution in [2.45, 2.75) is 18.6 Å². The van der Waals surface area contributed by atoms with E-state index in [9.17, 15) is 4.39 Å². The van der Waals surface area contributed by atoms with Gasteiger partial charge in [0, 0.05) is 11.6 Å². The van der Waals surface area contributed by atoms with Gasteiger partial charge in [-0.1, -0.05) is 41.9 Å². The summed E-state index contributed by atoms with van der Waals surface area (Å²) in [7, 11) is 0. The fourth-order valence-electron chi connectivity index (χ4n) is 2.47. The predicted octanol–water partition coefficient (Wildman–Crippen LogP) is 3.79. The van der Waals surface area contributed by atoms with E-state index >= 15 is 0 Å². The summed E-state index contributed by atoms with van der Waals surface area (Å²) in [6.45, 7) is 1.90. The maximum atomic E-state index is 13.5. The topological polar surface area (TPSA) is 35.2 Å². The van der Waals surface area contributed by atoms with Gasteiger partial charge in [-0.3, -0.25) is 0 Å². The van der Waals surface area contributed by atoms with Crippen molar-refractivity contribution >= 4 is 11.6 Å². The smallest absolute Gasteiger partial charge is 0.150 e. The van der Waals surface area contributed by atoms with E-state index in [1.54, 1.807) is 6.07 Å². The molecule has 4 heteroatoms. The maximum Gasteiger partial charge on any atom is 0.150 e. The molecule has 3 rings (SSSR count). The second kappa shape index (κ2) is 4.22. The van der Waals surface area contributed by atoms with Gasteiger partial charge in [0.05, 0.1) is 11.1 Å². The molecule has 0 fully saturated rings. The van der Waals surface area contributed by atoms with Gasteiger partial charge in [-0.25, -0.2) is 4.39 Å². The molecule has 2 atom stereocenters. The van der Waals surface area contributed by atoms with Crippen molar-refractivity contribution in [3.63, 3.8) is 0 Å². The van der Waals surface area contributed by atoms with Crippen molar-refractivity contribution in [3.8, 4) is 5.75 Å². The van der Waals surface area contributed by atoms with Crippen molar-refractivity contribution in [2.75, 3.05) is 0 Å². The zero-order valence-electron chi connectivity index (χ0n) is 10.4. The largest absolute Gasteiger partial charge is 0.480 e. The highest BCUT2D eigenvalue weighted by Crippen LogP contribution is 2.48. The number of benzene rings is 2. The van der Waals surface area contributed by atoms with E-state index in [1.807, 2.05) is 37.3 Å². The summed E-state index contributed by atoms with van der Waals surface area (Å²) in [6, 6.07) is 12.1. The third-order valence-corrected chi connectivity index (χ3v) is 3.94. The van der Waals surface area contributed by atoms with Crippen LogP contribution in [0.3, 0.4) is 0 Å². The first kappa shape index (κ1) is 12.5. The number of nitrogens with two attached hydrogens (primary N) is 1. The molecule has 1 aliphatic rings. The molecule has 2 aromatic rings. The summed E-state index contributed by atoms with van der Waals surface area (Å²) < 4.78 is 19.4. The molecule has 0 aromatic heterocycles. The molecule has 1 heterocycles. The van der Waals surface area contributed by atoms with E-state index in [2.05, 4.69) is 0 Å². The van der Waals surface area contributed by atoms with Crippen LogP contribution in [0.4, 0.5) is 4.39 Å². The van der Waals surface area contributed by atoms with Gasteiger partial charge >= 0.3 is 0 Å². The molecule has 0 radical (unpaired) electrons. The third-order valence-electron chi connectivity index (χ3n) is 3.65. The number of hydrogen-bond acceptors (Lipinski definition) is 2. The van der Waals surface area contributed by atoms with Crippen molar-refractivity contribution in [3.05, 3.63) is 64.4 Å². The van der Waals surface area contributed by atoms with Gasteiger partial charge < -0.3 is 10.5 Å². The molecule has 0 saturated carbocycles. The predicted molar refractivity (Wildman–Crippen MR) is 72.8 cm³/mol. The molecule has 1 aliphatic heterocycles. The van der Waals surface area contributed by atoms with Crippen LogP contribution in [0.2, 0.25) is 5.02 Å². The number of ether oxygens (including phenoxy) is 1.